The van der Waals surface area contributed by atoms with Crippen LogP contribution in [0.15, 0.2) is 78.9 Å². The van der Waals surface area contributed by atoms with Crippen molar-refractivity contribution >= 4 is 11.9 Å². The smallest absolute Gasteiger partial charge is 0.333 e. The molecule has 2 N–H and O–H groups in total. The van der Waals surface area contributed by atoms with Crippen molar-refractivity contribution in [3.05, 3.63) is 101 Å². The third kappa shape index (κ3) is 12.6. The van der Waals surface area contributed by atoms with Crippen LogP contribution in [0.5, 0.6) is 5.75 Å². The lowest BCUT2D eigenvalue weighted by Crippen LogP contribution is -2.16. The third-order valence-electron chi connectivity index (χ3n) is 8.77. The number of hydrogen-bond acceptors (Lipinski definition) is 7. The highest BCUT2D eigenvalue weighted by Crippen LogP contribution is 2.36. The average molecular weight is 685 g/mol. The Hall–Kier alpha value is -4.20. The lowest BCUT2D eigenvalue weighted by atomic mass is 9.91. The van der Waals surface area contributed by atoms with E-state index in [1.165, 1.54) is 30.4 Å². The van der Waals surface area contributed by atoms with Crippen LogP contribution in [0.2, 0.25) is 0 Å². The fourth-order valence-corrected chi connectivity index (χ4v) is 5.75. The van der Waals surface area contributed by atoms with Gasteiger partial charge in [0.25, 0.3) is 0 Å². The second-order valence-corrected chi connectivity index (χ2v) is 13.2. The van der Waals surface area contributed by atoms with Crippen molar-refractivity contribution in [2.75, 3.05) is 33.0 Å². The van der Waals surface area contributed by atoms with Crippen LogP contribution in [0.4, 0.5) is 0 Å². The van der Waals surface area contributed by atoms with Gasteiger partial charge in [0.05, 0.1) is 19.8 Å². The van der Waals surface area contributed by atoms with Gasteiger partial charge in [-0.05, 0) is 122 Å². The highest BCUT2D eigenvalue weighted by molar-refractivity contribution is 5.87. The summed E-state index contributed by atoms with van der Waals surface area (Å²) in [5.74, 6) is -0.376. The summed E-state index contributed by atoms with van der Waals surface area (Å²) in [5, 5.41) is 19.2. The number of aliphatic hydroxyl groups excluding tert-OH is 2. The van der Waals surface area contributed by atoms with E-state index in [-0.39, 0.29) is 32.3 Å². The number of benzene rings is 3. The molecule has 7 nitrogen and oxygen atoms in total. The molecule has 0 aliphatic rings. The van der Waals surface area contributed by atoms with Crippen LogP contribution in [-0.4, -0.2) is 55.2 Å². The Kier molecular flexibility index (Phi) is 17.0. The molecule has 0 saturated carbocycles. The standard InChI is InChI=1S/C43H56O7/c1-7-8-9-12-33-15-17-35(18-16-33)36-19-20-40(32(6)25-36)39-26-37(13-10-22-49-42(46)30(2)3)41(48-24-21-34(28-44)29-45)38(27-39)14-11-23-50-43(47)31(4)5/h15-20,25-27,34,44-45H,2,4,7-14,21-24,28-29H2,1,3,5-6H3. The van der Waals surface area contributed by atoms with Gasteiger partial charge in [-0.15, -0.1) is 0 Å². The van der Waals surface area contributed by atoms with Crippen molar-refractivity contribution < 1.29 is 34.0 Å². The number of ether oxygens (including phenoxy) is 3. The highest BCUT2D eigenvalue weighted by atomic mass is 16.5. The minimum atomic E-state index is -0.416. The van der Waals surface area contributed by atoms with Gasteiger partial charge in [-0.25, -0.2) is 9.59 Å². The van der Waals surface area contributed by atoms with Crippen molar-refractivity contribution in [2.24, 2.45) is 5.92 Å². The summed E-state index contributed by atoms with van der Waals surface area (Å²) in [5.41, 5.74) is 9.63. The van der Waals surface area contributed by atoms with E-state index < -0.39 is 11.9 Å². The monoisotopic (exact) mass is 684 g/mol. The van der Waals surface area contributed by atoms with Crippen LogP contribution in [0, 0.1) is 12.8 Å². The van der Waals surface area contributed by atoms with Crippen LogP contribution in [0.1, 0.15) is 81.5 Å². The molecule has 0 atom stereocenters. The zero-order valence-electron chi connectivity index (χ0n) is 30.5. The first-order chi connectivity index (χ1) is 24.1. The zero-order chi connectivity index (χ0) is 36.5. The number of carbonyl (C=O) groups excluding carboxylic acids is 2. The molecule has 3 rings (SSSR count). The van der Waals surface area contributed by atoms with Crippen molar-refractivity contribution in [3.63, 3.8) is 0 Å². The van der Waals surface area contributed by atoms with Gasteiger partial charge in [-0.1, -0.05) is 75.4 Å². The average Bonchev–Trinajstić information content (AvgIpc) is 3.11. The van der Waals surface area contributed by atoms with Crippen molar-refractivity contribution in [3.8, 4) is 28.0 Å². The van der Waals surface area contributed by atoms with Crippen LogP contribution < -0.4 is 4.74 Å². The van der Waals surface area contributed by atoms with E-state index in [1.54, 1.807) is 13.8 Å². The fraction of sp³-hybridized carbons (Fsp3) is 0.442. The van der Waals surface area contributed by atoms with Gasteiger partial charge in [-0.3, -0.25) is 0 Å². The van der Waals surface area contributed by atoms with Gasteiger partial charge in [0.2, 0.25) is 0 Å². The number of aliphatic hydroxyl groups is 2. The number of hydrogen-bond donors (Lipinski definition) is 2. The van der Waals surface area contributed by atoms with Crippen LogP contribution in [0.3, 0.4) is 0 Å². The SMILES string of the molecule is C=C(C)C(=O)OCCCc1cc(-c2ccc(-c3ccc(CCCCC)cc3)cc2C)cc(CCCOC(=O)C(=C)C)c1OCCC(CO)CO. The fourth-order valence-electron chi connectivity index (χ4n) is 5.75. The normalized spacial score (nSPS) is 11.0. The zero-order valence-corrected chi connectivity index (χ0v) is 30.5. The molecule has 7 heteroatoms. The molecule has 0 aromatic heterocycles. The molecule has 3 aromatic rings. The summed E-state index contributed by atoms with van der Waals surface area (Å²) in [4.78, 5) is 24.0. The minimum absolute atomic E-state index is 0.126. The van der Waals surface area contributed by atoms with Gasteiger partial charge in [-0.2, -0.15) is 0 Å². The maximum atomic E-state index is 12.0. The molecule has 0 unspecified atom stereocenters. The Morgan fingerprint density at radius 2 is 1.26 bits per heavy atom. The van der Waals surface area contributed by atoms with Gasteiger partial charge in [0.1, 0.15) is 5.75 Å². The van der Waals surface area contributed by atoms with E-state index >= 15 is 0 Å². The molecule has 0 spiro atoms. The van der Waals surface area contributed by atoms with E-state index in [0.717, 1.165) is 45.6 Å². The summed E-state index contributed by atoms with van der Waals surface area (Å²) < 4.78 is 17.2. The molecular formula is C43H56O7. The number of aryl methyl sites for hydroxylation is 4. The molecule has 0 saturated heterocycles. The van der Waals surface area contributed by atoms with E-state index in [1.807, 2.05) is 0 Å². The Labute approximate surface area is 299 Å². The number of carbonyl (C=O) groups is 2. The lowest BCUT2D eigenvalue weighted by Gasteiger charge is -2.20. The van der Waals surface area contributed by atoms with Crippen LogP contribution >= 0.6 is 0 Å². The molecule has 0 fully saturated rings. The Morgan fingerprint density at radius 3 is 1.76 bits per heavy atom. The topological polar surface area (TPSA) is 102 Å². The third-order valence-corrected chi connectivity index (χ3v) is 8.77. The summed E-state index contributed by atoms with van der Waals surface area (Å²) in [6.07, 6.45) is 7.61. The summed E-state index contributed by atoms with van der Waals surface area (Å²) >= 11 is 0. The second kappa shape index (κ2) is 21.1. The Morgan fingerprint density at radius 1 is 0.700 bits per heavy atom. The largest absolute Gasteiger partial charge is 0.493 e. The van der Waals surface area contributed by atoms with Gasteiger partial charge < -0.3 is 24.4 Å². The molecule has 0 aliphatic carbocycles. The molecule has 3 aromatic carbocycles. The van der Waals surface area contributed by atoms with Crippen LogP contribution in [0.25, 0.3) is 22.3 Å². The number of unbranched alkanes of at least 4 members (excludes halogenated alkanes) is 2. The first-order valence-corrected chi connectivity index (χ1v) is 17.9. The van der Waals surface area contributed by atoms with E-state index in [0.29, 0.717) is 49.9 Å². The van der Waals surface area contributed by atoms with E-state index in [2.05, 4.69) is 81.6 Å². The van der Waals surface area contributed by atoms with Gasteiger partial charge in [0, 0.05) is 30.3 Å². The second-order valence-electron chi connectivity index (χ2n) is 13.2. The summed E-state index contributed by atoms with van der Waals surface area (Å²) in [6, 6.07) is 19.7. The van der Waals surface area contributed by atoms with Crippen molar-refractivity contribution in [2.45, 2.75) is 85.5 Å². The number of rotatable bonds is 22. The van der Waals surface area contributed by atoms with Gasteiger partial charge >= 0.3 is 11.9 Å². The molecule has 270 valence electrons. The van der Waals surface area contributed by atoms with Gasteiger partial charge in [0.15, 0.2) is 0 Å². The lowest BCUT2D eigenvalue weighted by molar-refractivity contribution is -0.139. The quantitative estimate of drug-likeness (QED) is 0.0621. The summed E-state index contributed by atoms with van der Waals surface area (Å²) in [7, 11) is 0. The maximum absolute atomic E-state index is 12.0. The van der Waals surface area contributed by atoms with Crippen molar-refractivity contribution in [1.82, 2.24) is 0 Å². The van der Waals surface area contributed by atoms with Crippen molar-refractivity contribution in [1.29, 1.82) is 0 Å². The highest BCUT2D eigenvalue weighted by Gasteiger charge is 2.17. The Bertz CT molecular complexity index is 1510. The predicted octanol–water partition coefficient (Wildman–Crippen LogP) is 8.54. The first kappa shape index (κ1) is 40.2. The molecule has 0 amide bonds. The summed E-state index contributed by atoms with van der Waals surface area (Å²) in [6.45, 7) is 15.5. The first-order valence-electron chi connectivity index (χ1n) is 17.9. The molecule has 0 radical (unpaired) electrons. The Balaban J connectivity index is 1.96. The van der Waals surface area contributed by atoms with Crippen LogP contribution in [-0.2, 0) is 38.3 Å². The number of esters is 2. The van der Waals surface area contributed by atoms with E-state index in [4.69, 9.17) is 14.2 Å². The molecule has 0 heterocycles. The van der Waals surface area contributed by atoms with E-state index in [9.17, 15) is 19.8 Å². The predicted molar refractivity (Wildman–Crippen MR) is 201 cm³/mol. The molecule has 50 heavy (non-hydrogen) atoms. The minimum Gasteiger partial charge on any atom is -0.493 e. The molecule has 0 aliphatic heterocycles. The molecule has 0 bridgehead atoms. The molecular weight excluding hydrogens is 628 g/mol. The maximum Gasteiger partial charge on any atom is 0.333 e.